The molecule has 1 fully saturated rings. The van der Waals surface area contributed by atoms with E-state index in [4.69, 9.17) is 4.74 Å². The first-order valence-corrected chi connectivity index (χ1v) is 10.3. The molecule has 168 valence electrons. The van der Waals surface area contributed by atoms with Gasteiger partial charge in [-0.2, -0.15) is 0 Å². The third kappa shape index (κ3) is 4.73. The maximum Gasteiger partial charge on any atom is 0.295 e. The number of aliphatic hydroxyl groups is 1. The first-order chi connectivity index (χ1) is 15.2. The third-order valence-corrected chi connectivity index (χ3v) is 5.32. The van der Waals surface area contributed by atoms with Crippen molar-refractivity contribution in [3.05, 3.63) is 83.2 Å². The Hall–Kier alpha value is -3.45. The molecule has 1 unspecified atom stereocenters. The van der Waals surface area contributed by atoms with E-state index in [-0.39, 0.29) is 17.9 Å². The third-order valence-electron chi connectivity index (χ3n) is 5.32. The number of aliphatic hydroxyl groups excluding tert-OH is 1. The molecule has 3 rings (SSSR count). The van der Waals surface area contributed by atoms with Gasteiger partial charge in [0.25, 0.3) is 11.7 Å². The van der Waals surface area contributed by atoms with Gasteiger partial charge in [-0.15, -0.1) is 0 Å². The Morgan fingerprint density at radius 3 is 2.50 bits per heavy atom. The predicted molar refractivity (Wildman–Crippen MR) is 121 cm³/mol. The minimum atomic E-state index is -0.812. The molecule has 1 N–H and O–H groups in total. The smallest absolute Gasteiger partial charge is 0.295 e. The molecule has 1 amide bonds. The van der Waals surface area contributed by atoms with E-state index < -0.39 is 23.5 Å². The van der Waals surface area contributed by atoms with Crippen LogP contribution in [0.1, 0.15) is 22.7 Å². The lowest BCUT2D eigenvalue weighted by Gasteiger charge is -2.26. The molecule has 0 aliphatic carbocycles. The Bertz CT molecular complexity index is 1060. The van der Waals surface area contributed by atoms with Gasteiger partial charge in [0.1, 0.15) is 23.9 Å². The predicted octanol–water partition coefficient (Wildman–Crippen LogP) is 3.68. The van der Waals surface area contributed by atoms with Crippen molar-refractivity contribution in [1.29, 1.82) is 0 Å². The van der Waals surface area contributed by atoms with Crippen molar-refractivity contribution in [3.8, 4) is 5.75 Å². The van der Waals surface area contributed by atoms with Crippen LogP contribution in [-0.2, 0) is 9.59 Å². The van der Waals surface area contributed by atoms with Crippen LogP contribution >= 0.6 is 0 Å². The lowest BCUT2D eigenvalue weighted by molar-refractivity contribution is -0.140. The first kappa shape index (κ1) is 23.2. The maximum absolute atomic E-state index is 13.5. The zero-order valence-electron chi connectivity index (χ0n) is 18.5. The number of ketones is 1. The summed E-state index contributed by atoms with van der Waals surface area (Å²) in [6.07, 6.45) is 1.63. The average Bonchev–Trinajstić information content (AvgIpc) is 3.01. The summed E-state index contributed by atoms with van der Waals surface area (Å²) in [5.41, 5.74) is 1.69. The quantitative estimate of drug-likeness (QED) is 0.295. The monoisotopic (exact) mass is 438 g/mol. The zero-order chi connectivity index (χ0) is 23.4. The number of nitrogens with zero attached hydrogens (tertiary/aromatic N) is 2. The highest BCUT2D eigenvalue weighted by atomic mass is 19.1. The Morgan fingerprint density at radius 1 is 1.22 bits per heavy atom. The van der Waals surface area contributed by atoms with Crippen LogP contribution in [0.2, 0.25) is 0 Å². The zero-order valence-corrected chi connectivity index (χ0v) is 18.5. The van der Waals surface area contributed by atoms with Crippen molar-refractivity contribution in [1.82, 2.24) is 9.80 Å². The van der Waals surface area contributed by atoms with Gasteiger partial charge in [0.15, 0.2) is 0 Å². The minimum absolute atomic E-state index is 0.0143. The van der Waals surface area contributed by atoms with Crippen molar-refractivity contribution >= 4 is 17.4 Å². The molecule has 0 radical (unpaired) electrons. The van der Waals surface area contributed by atoms with Gasteiger partial charge in [0.2, 0.25) is 0 Å². The largest absolute Gasteiger partial charge is 0.507 e. The van der Waals surface area contributed by atoms with E-state index in [1.807, 2.05) is 25.9 Å². The highest BCUT2D eigenvalue weighted by molar-refractivity contribution is 6.46. The van der Waals surface area contributed by atoms with Gasteiger partial charge in [-0.3, -0.25) is 9.59 Å². The molecule has 1 heterocycles. The van der Waals surface area contributed by atoms with Gasteiger partial charge < -0.3 is 19.6 Å². The van der Waals surface area contributed by atoms with Gasteiger partial charge >= 0.3 is 0 Å². The number of benzene rings is 2. The van der Waals surface area contributed by atoms with Crippen LogP contribution in [0, 0.1) is 12.7 Å². The van der Waals surface area contributed by atoms with E-state index in [0.717, 1.165) is 5.56 Å². The Balaban J connectivity index is 2.09. The van der Waals surface area contributed by atoms with Crippen molar-refractivity contribution in [2.75, 3.05) is 33.8 Å². The van der Waals surface area contributed by atoms with E-state index in [1.165, 1.54) is 29.2 Å². The van der Waals surface area contributed by atoms with Crippen molar-refractivity contribution in [2.45, 2.75) is 13.0 Å². The van der Waals surface area contributed by atoms with E-state index in [1.54, 1.807) is 24.3 Å². The summed E-state index contributed by atoms with van der Waals surface area (Å²) in [4.78, 5) is 29.2. The molecule has 7 heteroatoms. The molecular weight excluding hydrogens is 411 g/mol. The number of amides is 1. The fraction of sp³-hybridized carbons (Fsp3) is 0.280. The molecule has 0 bridgehead atoms. The lowest BCUT2D eigenvalue weighted by atomic mass is 9.94. The van der Waals surface area contributed by atoms with Gasteiger partial charge in [-0.25, -0.2) is 4.39 Å². The first-order valence-electron chi connectivity index (χ1n) is 10.3. The summed E-state index contributed by atoms with van der Waals surface area (Å²) in [5, 5.41) is 11.1. The fourth-order valence-electron chi connectivity index (χ4n) is 3.67. The van der Waals surface area contributed by atoms with Gasteiger partial charge in [-0.1, -0.05) is 24.8 Å². The summed E-state index contributed by atoms with van der Waals surface area (Å²) < 4.78 is 19.1. The number of aryl methyl sites for hydroxylation is 1. The molecule has 1 aliphatic rings. The normalized spacial score (nSPS) is 17.8. The number of Topliss-reactive ketones (excluding diaryl/α,β-unsaturated/α-hetero) is 1. The standard InChI is InChI=1S/C25H27FN2O4/c1-5-14-32-20-11-8-18(15-16(20)2)23(29)21-22(17-6-9-19(26)10-7-17)28(13-12-27(3)4)25(31)24(21)30/h5-11,15,22,29H,1,12-14H2,2-4H3. The average molecular weight is 438 g/mol. The molecule has 1 aliphatic heterocycles. The molecule has 2 aromatic carbocycles. The van der Waals surface area contributed by atoms with Gasteiger partial charge in [0, 0.05) is 18.7 Å². The SMILES string of the molecule is C=CCOc1ccc(C(O)=C2C(=O)C(=O)N(CCN(C)C)C2c2ccc(F)cc2)cc1C. The van der Waals surface area contributed by atoms with Crippen LogP contribution < -0.4 is 4.74 Å². The number of rotatable bonds is 8. The van der Waals surface area contributed by atoms with Crippen LogP contribution in [0.15, 0.2) is 60.7 Å². The van der Waals surface area contributed by atoms with Crippen molar-refractivity contribution < 1.29 is 23.8 Å². The van der Waals surface area contributed by atoms with E-state index >= 15 is 0 Å². The molecule has 0 aromatic heterocycles. The second-order valence-electron chi connectivity index (χ2n) is 7.93. The van der Waals surface area contributed by atoms with Crippen LogP contribution in [0.25, 0.3) is 5.76 Å². The summed E-state index contributed by atoms with van der Waals surface area (Å²) in [6.45, 7) is 6.59. The number of ether oxygens (including phenoxy) is 1. The number of likely N-dealkylation sites (tertiary alicyclic amines) is 1. The minimum Gasteiger partial charge on any atom is -0.507 e. The summed E-state index contributed by atoms with van der Waals surface area (Å²) in [6, 6.07) is 9.82. The Kier molecular flexibility index (Phi) is 7.10. The summed E-state index contributed by atoms with van der Waals surface area (Å²) in [5.74, 6) is -1.53. The molecule has 6 nitrogen and oxygen atoms in total. The molecule has 2 aromatic rings. The van der Waals surface area contributed by atoms with E-state index in [2.05, 4.69) is 6.58 Å². The van der Waals surface area contributed by atoms with Crippen molar-refractivity contribution in [3.63, 3.8) is 0 Å². The number of carbonyl (C=O) groups is 2. The van der Waals surface area contributed by atoms with Crippen LogP contribution in [-0.4, -0.2) is 60.4 Å². The number of hydrogen-bond donors (Lipinski definition) is 1. The van der Waals surface area contributed by atoms with Crippen LogP contribution in [0.5, 0.6) is 5.75 Å². The highest BCUT2D eigenvalue weighted by Crippen LogP contribution is 2.39. The maximum atomic E-state index is 13.5. The van der Waals surface area contributed by atoms with Crippen molar-refractivity contribution in [2.24, 2.45) is 0 Å². The molecule has 0 saturated carbocycles. The molecule has 0 spiro atoms. The molecule has 1 atom stereocenters. The lowest BCUT2D eigenvalue weighted by Crippen LogP contribution is -2.35. The summed E-state index contributed by atoms with van der Waals surface area (Å²) in [7, 11) is 3.73. The highest BCUT2D eigenvalue weighted by Gasteiger charge is 2.45. The Morgan fingerprint density at radius 2 is 1.91 bits per heavy atom. The van der Waals surface area contributed by atoms with Crippen LogP contribution in [0.3, 0.4) is 0 Å². The number of halogens is 1. The summed E-state index contributed by atoms with van der Waals surface area (Å²) >= 11 is 0. The number of likely N-dealkylation sites (N-methyl/N-ethyl adjacent to an activating group) is 1. The second kappa shape index (κ2) is 9.78. The number of hydrogen-bond acceptors (Lipinski definition) is 5. The van der Waals surface area contributed by atoms with Gasteiger partial charge in [-0.05, 0) is 62.5 Å². The molecule has 1 saturated heterocycles. The van der Waals surface area contributed by atoms with E-state index in [9.17, 15) is 19.1 Å². The molecule has 32 heavy (non-hydrogen) atoms. The van der Waals surface area contributed by atoms with Crippen LogP contribution in [0.4, 0.5) is 4.39 Å². The van der Waals surface area contributed by atoms with E-state index in [0.29, 0.717) is 30.0 Å². The topological polar surface area (TPSA) is 70.1 Å². The number of carbonyl (C=O) groups excluding carboxylic acids is 2. The Labute approximate surface area is 187 Å². The second-order valence-corrected chi connectivity index (χ2v) is 7.93. The molecular formula is C25H27FN2O4. The fourth-order valence-corrected chi connectivity index (χ4v) is 3.67. The van der Waals surface area contributed by atoms with Gasteiger partial charge in [0.05, 0.1) is 11.6 Å².